The molecule has 160 valence electrons. The summed E-state index contributed by atoms with van der Waals surface area (Å²) in [4.78, 5) is 0. The molecule has 0 aliphatic carbocycles. The molecule has 0 aromatic heterocycles. The third-order valence-electron chi connectivity index (χ3n) is 4.51. The van der Waals surface area contributed by atoms with Crippen LogP contribution in [0.25, 0.3) is 0 Å². The van der Waals surface area contributed by atoms with E-state index < -0.39 is 0 Å². The molecular weight excluding hydrogens is 539 g/mol. The van der Waals surface area contributed by atoms with E-state index in [2.05, 4.69) is 85.5 Å². The van der Waals surface area contributed by atoms with Crippen LogP contribution < -0.4 is 9.47 Å². The van der Waals surface area contributed by atoms with E-state index in [0.29, 0.717) is 41.2 Å². The predicted molar refractivity (Wildman–Crippen MR) is 131 cm³/mol. The van der Waals surface area contributed by atoms with Crippen LogP contribution in [0.3, 0.4) is 0 Å². The Kier molecular flexibility index (Phi) is 8.40. The summed E-state index contributed by atoms with van der Waals surface area (Å²) in [5.74, 6) is 1.32. The van der Waals surface area contributed by atoms with Crippen LogP contribution in [0.1, 0.15) is 59.1 Å². The Bertz CT molecular complexity index is 751. The number of hydrogen-bond acceptors (Lipinski definition) is 2. The maximum absolute atomic E-state index is 6.43. The first-order valence-electron chi connectivity index (χ1n) is 9.55. The smallest absolute Gasteiger partial charge is 0.152 e. The van der Waals surface area contributed by atoms with Gasteiger partial charge in [-0.25, -0.2) is 0 Å². The lowest BCUT2D eigenvalue weighted by molar-refractivity contribution is 0.246. The van der Waals surface area contributed by atoms with Gasteiger partial charge in [0.2, 0.25) is 0 Å². The van der Waals surface area contributed by atoms with Crippen LogP contribution in [0.5, 0.6) is 11.5 Å². The van der Waals surface area contributed by atoms with Crippen molar-refractivity contribution in [2.45, 2.75) is 58.8 Å². The van der Waals surface area contributed by atoms with Crippen molar-refractivity contribution in [2.75, 3.05) is 13.2 Å². The Balaban J connectivity index is 1.94. The SMILES string of the molecule is CC(C)(C)c1cc(Cl)c(OCCCOc2c(Cl)cc(C(C)(C)C)cc2Br)c(Br)c1. The lowest BCUT2D eigenvalue weighted by Crippen LogP contribution is -2.12. The van der Waals surface area contributed by atoms with Gasteiger partial charge in [-0.15, -0.1) is 0 Å². The van der Waals surface area contributed by atoms with Gasteiger partial charge in [0.15, 0.2) is 11.5 Å². The van der Waals surface area contributed by atoms with Crippen molar-refractivity contribution in [1.29, 1.82) is 0 Å². The summed E-state index contributed by atoms with van der Waals surface area (Å²) in [6.45, 7) is 13.9. The normalized spacial score (nSPS) is 12.2. The number of ether oxygens (including phenoxy) is 2. The Labute approximate surface area is 201 Å². The molecule has 0 saturated carbocycles. The minimum Gasteiger partial charge on any atom is -0.491 e. The Morgan fingerprint density at radius 3 is 1.31 bits per heavy atom. The zero-order valence-electron chi connectivity index (χ0n) is 17.8. The molecule has 0 saturated heterocycles. The monoisotopic (exact) mass is 564 g/mol. The molecule has 29 heavy (non-hydrogen) atoms. The first-order chi connectivity index (χ1) is 13.3. The standard InChI is InChI=1S/C23H28Br2Cl2O2/c1-22(2,3)14-10-16(24)20(18(26)12-14)28-8-7-9-29-21-17(25)11-15(13-19(21)27)23(4,5)6/h10-13H,7-9H2,1-6H3. The van der Waals surface area contributed by atoms with Crippen LogP contribution >= 0.6 is 55.1 Å². The molecule has 0 spiro atoms. The maximum atomic E-state index is 6.43. The van der Waals surface area contributed by atoms with Crippen LogP contribution in [-0.2, 0) is 10.8 Å². The van der Waals surface area contributed by atoms with E-state index in [9.17, 15) is 0 Å². The summed E-state index contributed by atoms with van der Waals surface area (Å²) < 4.78 is 13.5. The fraction of sp³-hybridized carbons (Fsp3) is 0.478. The average molecular weight is 567 g/mol. The second kappa shape index (κ2) is 9.80. The Hall–Kier alpha value is -0.420. The summed E-state index contributed by atoms with van der Waals surface area (Å²) in [6.07, 6.45) is 0.702. The van der Waals surface area contributed by atoms with Crippen molar-refractivity contribution < 1.29 is 9.47 Å². The van der Waals surface area contributed by atoms with Gasteiger partial charge < -0.3 is 9.47 Å². The maximum Gasteiger partial charge on any atom is 0.152 e. The predicted octanol–water partition coefficient (Wildman–Crippen LogP) is 8.96. The molecule has 0 amide bonds. The van der Waals surface area contributed by atoms with E-state index in [4.69, 9.17) is 32.7 Å². The molecule has 0 aliphatic rings. The van der Waals surface area contributed by atoms with E-state index >= 15 is 0 Å². The van der Waals surface area contributed by atoms with E-state index in [0.717, 1.165) is 20.1 Å². The van der Waals surface area contributed by atoms with Crippen molar-refractivity contribution in [3.05, 3.63) is 54.4 Å². The molecule has 2 rings (SSSR count). The molecule has 0 fully saturated rings. The second-order valence-corrected chi connectivity index (χ2v) is 11.6. The first-order valence-corrected chi connectivity index (χ1v) is 11.9. The molecule has 0 bridgehead atoms. The lowest BCUT2D eigenvalue weighted by Gasteiger charge is -2.21. The van der Waals surface area contributed by atoms with Gasteiger partial charge in [-0.1, -0.05) is 64.7 Å². The van der Waals surface area contributed by atoms with Gasteiger partial charge >= 0.3 is 0 Å². The zero-order valence-corrected chi connectivity index (χ0v) is 22.4. The molecule has 0 aliphatic heterocycles. The first kappa shape index (κ1) is 24.8. The molecule has 0 N–H and O–H groups in total. The molecule has 0 radical (unpaired) electrons. The van der Waals surface area contributed by atoms with Crippen LogP contribution in [-0.4, -0.2) is 13.2 Å². The zero-order chi connectivity index (χ0) is 22.0. The van der Waals surface area contributed by atoms with Gasteiger partial charge in [-0.3, -0.25) is 0 Å². The number of rotatable bonds is 6. The number of benzene rings is 2. The highest BCUT2D eigenvalue weighted by molar-refractivity contribution is 9.11. The summed E-state index contributed by atoms with van der Waals surface area (Å²) in [7, 11) is 0. The van der Waals surface area contributed by atoms with Gasteiger partial charge in [0, 0.05) is 6.42 Å². The van der Waals surface area contributed by atoms with E-state index in [-0.39, 0.29) is 10.8 Å². The molecule has 0 heterocycles. The van der Waals surface area contributed by atoms with Crippen LogP contribution in [0.2, 0.25) is 10.0 Å². The van der Waals surface area contributed by atoms with Crippen molar-refractivity contribution >= 4 is 55.1 Å². The number of halogens is 4. The van der Waals surface area contributed by atoms with E-state index in [1.54, 1.807) is 0 Å². The van der Waals surface area contributed by atoms with Crippen LogP contribution in [0.4, 0.5) is 0 Å². The quantitative estimate of drug-likeness (QED) is 0.325. The Morgan fingerprint density at radius 2 is 1.03 bits per heavy atom. The highest BCUT2D eigenvalue weighted by Gasteiger charge is 2.19. The molecule has 6 heteroatoms. The van der Waals surface area contributed by atoms with Gasteiger partial charge in [0.05, 0.1) is 32.2 Å². The van der Waals surface area contributed by atoms with Gasteiger partial charge in [0.1, 0.15) is 0 Å². The lowest BCUT2D eigenvalue weighted by atomic mass is 9.87. The molecule has 0 atom stereocenters. The van der Waals surface area contributed by atoms with Crippen molar-refractivity contribution in [1.82, 2.24) is 0 Å². The minimum absolute atomic E-state index is 0.0216. The van der Waals surface area contributed by atoms with E-state index in [1.807, 2.05) is 12.1 Å². The van der Waals surface area contributed by atoms with Gasteiger partial charge in [-0.2, -0.15) is 0 Å². The highest BCUT2D eigenvalue weighted by Crippen LogP contribution is 2.39. The number of hydrogen-bond donors (Lipinski definition) is 0. The van der Waals surface area contributed by atoms with Crippen LogP contribution in [0.15, 0.2) is 33.2 Å². The molecule has 2 nitrogen and oxygen atoms in total. The fourth-order valence-electron chi connectivity index (χ4n) is 2.67. The topological polar surface area (TPSA) is 18.5 Å². The van der Waals surface area contributed by atoms with Crippen molar-refractivity contribution in [2.24, 2.45) is 0 Å². The molecule has 2 aromatic rings. The Morgan fingerprint density at radius 1 is 0.690 bits per heavy atom. The molecular formula is C23H28Br2Cl2O2. The molecule has 0 unspecified atom stereocenters. The summed E-state index contributed by atoms with van der Waals surface area (Å²) >= 11 is 20.0. The third-order valence-corrected chi connectivity index (χ3v) is 6.25. The van der Waals surface area contributed by atoms with Crippen molar-refractivity contribution in [3.8, 4) is 11.5 Å². The summed E-state index contributed by atoms with van der Waals surface area (Å²) in [6, 6.07) is 8.05. The van der Waals surface area contributed by atoms with Crippen molar-refractivity contribution in [3.63, 3.8) is 0 Å². The highest BCUT2D eigenvalue weighted by atomic mass is 79.9. The third kappa shape index (κ3) is 6.78. The fourth-order valence-corrected chi connectivity index (χ4v) is 4.59. The largest absolute Gasteiger partial charge is 0.491 e. The minimum atomic E-state index is 0.0216. The summed E-state index contributed by atoms with van der Waals surface area (Å²) in [5.41, 5.74) is 2.35. The van der Waals surface area contributed by atoms with Gasteiger partial charge in [0.25, 0.3) is 0 Å². The molecule has 2 aromatic carbocycles. The van der Waals surface area contributed by atoms with Gasteiger partial charge in [-0.05, 0) is 78.1 Å². The summed E-state index contributed by atoms with van der Waals surface area (Å²) in [5, 5.41) is 1.21. The second-order valence-electron chi connectivity index (χ2n) is 9.09. The average Bonchev–Trinajstić information content (AvgIpc) is 2.56. The van der Waals surface area contributed by atoms with E-state index in [1.165, 1.54) is 0 Å². The van der Waals surface area contributed by atoms with Crippen LogP contribution in [0, 0.1) is 0 Å².